The molecule has 2 fully saturated rings. The second kappa shape index (κ2) is 5.15. The fourth-order valence-corrected chi connectivity index (χ4v) is 3.16. The number of rotatable bonds is 3. The van der Waals surface area contributed by atoms with Gasteiger partial charge in [-0.1, -0.05) is 24.3 Å². The quantitative estimate of drug-likeness (QED) is 0.863. The van der Waals surface area contributed by atoms with Crippen LogP contribution in [0.5, 0.6) is 0 Å². The van der Waals surface area contributed by atoms with Crippen LogP contribution in [0.2, 0.25) is 0 Å². The summed E-state index contributed by atoms with van der Waals surface area (Å²) in [5.74, 6) is 0.0765. The summed E-state index contributed by atoms with van der Waals surface area (Å²) in [6.45, 7) is 5.50. The van der Waals surface area contributed by atoms with E-state index in [9.17, 15) is 9.59 Å². The molecule has 2 aliphatic heterocycles. The van der Waals surface area contributed by atoms with E-state index in [2.05, 4.69) is 5.32 Å². The predicted molar refractivity (Wildman–Crippen MR) is 77.7 cm³/mol. The summed E-state index contributed by atoms with van der Waals surface area (Å²) in [5, 5.41) is 2.86. The van der Waals surface area contributed by atoms with Gasteiger partial charge in [-0.25, -0.2) is 4.79 Å². The summed E-state index contributed by atoms with van der Waals surface area (Å²) in [4.78, 5) is 26.3. The zero-order chi connectivity index (χ0) is 15.0. The van der Waals surface area contributed by atoms with Crippen LogP contribution in [0.3, 0.4) is 0 Å². The van der Waals surface area contributed by atoms with Crippen LogP contribution < -0.4 is 5.32 Å². The van der Waals surface area contributed by atoms with Gasteiger partial charge in [0.1, 0.15) is 5.54 Å². The van der Waals surface area contributed by atoms with Crippen molar-refractivity contribution < 1.29 is 14.3 Å². The van der Waals surface area contributed by atoms with Crippen LogP contribution in [-0.2, 0) is 15.1 Å². The second-order valence-electron chi connectivity index (χ2n) is 6.02. The molecule has 112 valence electrons. The lowest BCUT2D eigenvalue weighted by Gasteiger charge is -2.24. The first kappa shape index (κ1) is 14.1. The molecule has 21 heavy (non-hydrogen) atoms. The van der Waals surface area contributed by atoms with E-state index in [4.69, 9.17) is 4.74 Å². The Kier molecular flexibility index (Phi) is 3.45. The minimum atomic E-state index is -0.970. The molecule has 1 aromatic rings. The monoisotopic (exact) mass is 288 g/mol. The maximum atomic E-state index is 12.8. The molecular weight excluding hydrogens is 268 g/mol. The van der Waals surface area contributed by atoms with Crippen LogP contribution in [0.25, 0.3) is 0 Å². The number of ether oxygens (including phenoxy) is 1. The first-order valence-corrected chi connectivity index (χ1v) is 7.30. The molecule has 0 spiro atoms. The van der Waals surface area contributed by atoms with Gasteiger partial charge in [-0.2, -0.15) is 0 Å². The fraction of sp³-hybridized carbons (Fsp3) is 0.500. The molecule has 0 saturated carbocycles. The van der Waals surface area contributed by atoms with Crippen molar-refractivity contribution in [2.45, 2.75) is 25.8 Å². The zero-order valence-electron chi connectivity index (χ0n) is 12.4. The minimum Gasteiger partial charge on any atom is -0.381 e. The number of aryl methyl sites for hydroxylation is 1. The number of benzene rings is 1. The molecule has 2 unspecified atom stereocenters. The zero-order valence-corrected chi connectivity index (χ0v) is 12.4. The van der Waals surface area contributed by atoms with Gasteiger partial charge >= 0.3 is 6.03 Å². The van der Waals surface area contributed by atoms with Crippen LogP contribution in [0, 0.1) is 12.8 Å². The summed E-state index contributed by atoms with van der Waals surface area (Å²) in [5.41, 5.74) is 0.884. The lowest BCUT2D eigenvalue weighted by Crippen LogP contribution is -2.42. The topological polar surface area (TPSA) is 58.6 Å². The van der Waals surface area contributed by atoms with Gasteiger partial charge in [0.05, 0.1) is 6.61 Å². The molecule has 2 aliphatic rings. The van der Waals surface area contributed by atoms with Crippen molar-refractivity contribution in [3.63, 3.8) is 0 Å². The molecular formula is C16H20N2O3. The lowest BCUT2D eigenvalue weighted by atomic mass is 9.88. The third kappa shape index (κ3) is 2.31. The van der Waals surface area contributed by atoms with Gasteiger partial charge in [-0.05, 0) is 31.4 Å². The van der Waals surface area contributed by atoms with E-state index in [1.807, 2.05) is 31.2 Å². The van der Waals surface area contributed by atoms with Gasteiger partial charge in [-0.3, -0.25) is 9.69 Å². The van der Waals surface area contributed by atoms with Gasteiger partial charge < -0.3 is 10.1 Å². The molecule has 1 N–H and O–H groups in total. The lowest BCUT2D eigenvalue weighted by molar-refractivity contribution is -0.131. The highest BCUT2D eigenvalue weighted by Gasteiger charge is 2.49. The van der Waals surface area contributed by atoms with E-state index in [0.29, 0.717) is 19.8 Å². The Bertz CT molecular complexity index is 581. The fourth-order valence-electron chi connectivity index (χ4n) is 3.16. The van der Waals surface area contributed by atoms with Crippen molar-refractivity contribution in [2.75, 3.05) is 19.8 Å². The van der Waals surface area contributed by atoms with Crippen LogP contribution in [-0.4, -0.2) is 36.6 Å². The summed E-state index contributed by atoms with van der Waals surface area (Å²) >= 11 is 0. The number of carbonyl (C=O) groups is 2. The van der Waals surface area contributed by atoms with Gasteiger partial charge in [0, 0.05) is 19.1 Å². The van der Waals surface area contributed by atoms with E-state index in [0.717, 1.165) is 17.5 Å². The SMILES string of the molecule is Cc1ccccc1C1(C)NC(=O)N(CC2CCOC2)C1=O. The standard InChI is InChI=1S/C16H20N2O3/c1-11-5-3-4-6-13(11)16(2)14(19)18(15(20)17-16)9-12-7-8-21-10-12/h3-6,12H,7-10H2,1-2H3,(H,17,20). The number of hydrogen-bond donors (Lipinski definition) is 1. The molecule has 2 heterocycles. The van der Waals surface area contributed by atoms with Gasteiger partial charge in [0.25, 0.3) is 5.91 Å². The Balaban J connectivity index is 1.87. The van der Waals surface area contributed by atoms with Gasteiger partial charge in [0.15, 0.2) is 0 Å². The molecule has 3 amide bonds. The van der Waals surface area contributed by atoms with E-state index in [1.165, 1.54) is 4.90 Å². The Hall–Kier alpha value is -1.88. The number of imide groups is 1. The molecule has 1 aromatic carbocycles. The van der Waals surface area contributed by atoms with Crippen LogP contribution >= 0.6 is 0 Å². The summed E-state index contributed by atoms with van der Waals surface area (Å²) < 4.78 is 5.32. The highest BCUT2D eigenvalue weighted by molar-refractivity contribution is 6.07. The van der Waals surface area contributed by atoms with Crippen molar-refractivity contribution in [3.8, 4) is 0 Å². The summed E-state index contributed by atoms with van der Waals surface area (Å²) in [6.07, 6.45) is 0.901. The van der Waals surface area contributed by atoms with Crippen molar-refractivity contribution in [1.82, 2.24) is 10.2 Å². The largest absolute Gasteiger partial charge is 0.381 e. The summed E-state index contributed by atoms with van der Waals surface area (Å²) in [7, 11) is 0. The number of urea groups is 1. The highest BCUT2D eigenvalue weighted by Crippen LogP contribution is 2.31. The Morgan fingerprint density at radius 1 is 1.38 bits per heavy atom. The highest BCUT2D eigenvalue weighted by atomic mass is 16.5. The molecule has 0 aliphatic carbocycles. The van der Waals surface area contributed by atoms with E-state index < -0.39 is 5.54 Å². The summed E-state index contributed by atoms with van der Waals surface area (Å²) in [6, 6.07) is 7.36. The molecule has 0 radical (unpaired) electrons. The predicted octanol–water partition coefficient (Wildman–Crippen LogP) is 1.80. The van der Waals surface area contributed by atoms with Crippen molar-refractivity contribution >= 4 is 11.9 Å². The van der Waals surface area contributed by atoms with Crippen molar-refractivity contribution in [2.24, 2.45) is 5.92 Å². The molecule has 2 saturated heterocycles. The Labute approximate surface area is 124 Å². The maximum Gasteiger partial charge on any atom is 0.325 e. The first-order valence-electron chi connectivity index (χ1n) is 7.30. The van der Waals surface area contributed by atoms with Crippen LogP contribution in [0.15, 0.2) is 24.3 Å². The minimum absolute atomic E-state index is 0.172. The number of amides is 3. The van der Waals surface area contributed by atoms with Crippen LogP contribution in [0.4, 0.5) is 4.79 Å². The Morgan fingerprint density at radius 2 is 2.14 bits per heavy atom. The average molecular weight is 288 g/mol. The number of hydrogen-bond acceptors (Lipinski definition) is 3. The smallest absolute Gasteiger partial charge is 0.325 e. The van der Waals surface area contributed by atoms with E-state index >= 15 is 0 Å². The number of carbonyl (C=O) groups excluding carboxylic acids is 2. The molecule has 0 aromatic heterocycles. The maximum absolute atomic E-state index is 12.8. The van der Waals surface area contributed by atoms with E-state index in [1.54, 1.807) is 6.92 Å². The number of nitrogens with zero attached hydrogens (tertiary/aromatic N) is 1. The van der Waals surface area contributed by atoms with Crippen molar-refractivity contribution in [1.29, 1.82) is 0 Å². The van der Waals surface area contributed by atoms with Crippen LogP contribution in [0.1, 0.15) is 24.5 Å². The molecule has 3 rings (SSSR count). The first-order chi connectivity index (χ1) is 10.0. The molecule has 0 bridgehead atoms. The molecule has 5 nitrogen and oxygen atoms in total. The normalized spacial score (nSPS) is 29.0. The Morgan fingerprint density at radius 3 is 2.81 bits per heavy atom. The number of nitrogens with one attached hydrogen (secondary N) is 1. The second-order valence-corrected chi connectivity index (χ2v) is 6.02. The van der Waals surface area contributed by atoms with Crippen molar-refractivity contribution in [3.05, 3.63) is 35.4 Å². The third-order valence-corrected chi connectivity index (χ3v) is 4.42. The average Bonchev–Trinajstić information content (AvgIpc) is 3.03. The van der Waals surface area contributed by atoms with Gasteiger partial charge in [-0.15, -0.1) is 0 Å². The van der Waals surface area contributed by atoms with Gasteiger partial charge in [0.2, 0.25) is 0 Å². The molecule has 2 atom stereocenters. The third-order valence-electron chi connectivity index (χ3n) is 4.42. The van der Waals surface area contributed by atoms with E-state index in [-0.39, 0.29) is 17.9 Å². The molecule has 5 heteroatoms.